The lowest BCUT2D eigenvalue weighted by Crippen LogP contribution is -2.47. The fourth-order valence-electron chi connectivity index (χ4n) is 3.31. The summed E-state index contributed by atoms with van der Waals surface area (Å²) in [6.07, 6.45) is -5.02. The lowest BCUT2D eigenvalue weighted by atomic mass is 9.83. The molecule has 0 aliphatic carbocycles. The summed E-state index contributed by atoms with van der Waals surface area (Å²) >= 11 is 0. The second-order valence-corrected chi connectivity index (χ2v) is 8.64. The summed E-state index contributed by atoms with van der Waals surface area (Å²) in [6.45, 7) is 6.47. The number of carbonyl (C=O) groups is 1. The lowest BCUT2D eigenvalue weighted by molar-refractivity contribution is -0.175. The van der Waals surface area contributed by atoms with Gasteiger partial charge in [0.05, 0.1) is 28.3 Å². The Kier molecular flexibility index (Phi) is 6.28. The van der Waals surface area contributed by atoms with E-state index in [1.165, 1.54) is 26.0 Å². The molecule has 0 saturated carbocycles. The van der Waals surface area contributed by atoms with E-state index in [9.17, 15) is 26.7 Å². The highest BCUT2D eigenvalue weighted by atomic mass is 19.4. The molecule has 174 valence electrons. The van der Waals surface area contributed by atoms with Crippen LogP contribution in [0.4, 0.5) is 22.0 Å². The van der Waals surface area contributed by atoms with E-state index in [4.69, 9.17) is 0 Å². The van der Waals surface area contributed by atoms with Crippen LogP contribution in [-0.2, 0) is 15.7 Å². The van der Waals surface area contributed by atoms with E-state index in [1.807, 2.05) is 19.2 Å². The van der Waals surface area contributed by atoms with Crippen LogP contribution in [0.2, 0.25) is 0 Å². The van der Waals surface area contributed by atoms with Crippen molar-refractivity contribution < 1.29 is 26.7 Å². The Bertz CT molecular complexity index is 1190. The van der Waals surface area contributed by atoms with Crippen LogP contribution in [0.3, 0.4) is 0 Å². The zero-order chi connectivity index (χ0) is 24.6. The van der Waals surface area contributed by atoms with Crippen LogP contribution in [0.15, 0.2) is 54.6 Å². The van der Waals surface area contributed by atoms with Gasteiger partial charge in [0, 0.05) is 17.0 Å². The first-order chi connectivity index (χ1) is 15.2. The van der Waals surface area contributed by atoms with Gasteiger partial charge >= 0.3 is 12.1 Å². The maximum Gasteiger partial charge on any atom is 0.471 e. The second kappa shape index (κ2) is 8.53. The molecule has 1 amide bonds. The molecular formula is C24H22F5N3O. The molecule has 1 aromatic carbocycles. The molecule has 33 heavy (non-hydrogen) atoms. The topological polar surface area (TPSA) is 54.9 Å². The highest BCUT2D eigenvalue weighted by molar-refractivity contribution is 5.82. The molecule has 0 aliphatic heterocycles. The van der Waals surface area contributed by atoms with Gasteiger partial charge in [-0.1, -0.05) is 12.1 Å². The van der Waals surface area contributed by atoms with Crippen LogP contribution < -0.4 is 5.32 Å². The van der Waals surface area contributed by atoms with Crippen molar-refractivity contribution in [2.24, 2.45) is 0 Å². The molecule has 3 rings (SSSR count). The Hall–Kier alpha value is -3.36. The molecule has 0 spiro atoms. The Morgan fingerprint density at radius 1 is 0.818 bits per heavy atom. The highest BCUT2D eigenvalue weighted by Gasteiger charge is 2.42. The molecule has 0 saturated heterocycles. The summed E-state index contributed by atoms with van der Waals surface area (Å²) in [5.41, 5.74) is -0.563. The van der Waals surface area contributed by atoms with Gasteiger partial charge in [-0.2, -0.15) is 13.2 Å². The molecular weight excluding hydrogens is 441 g/mol. The Balaban J connectivity index is 1.98. The van der Waals surface area contributed by atoms with Crippen molar-refractivity contribution in [3.63, 3.8) is 0 Å². The van der Waals surface area contributed by atoms with Gasteiger partial charge in [0.15, 0.2) is 0 Å². The molecule has 0 aliphatic rings. The van der Waals surface area contributed by atoms with Crippen LogP contribution >= 0.6 is 0 Å². The summed E-state index contributed by atoms with van der Waals surface area (Å²) in [5, 5.41) is 1.96. The smallest absolute Gasteiger partial charge is 0.338 e. The minimum Gasteiger partial charge on any atom is -0.338 e. The molecule has 3 aromatic rings. The van der Waals surface area contributed by atoms with Crippen molar-refractivity contribution in [2.45, 2.75) is 44.8 Å². The number of benzene rings is 1. The summed E-state index contributed by atoms with van der Waals surface area (Å²) < 4.78 is 65.7. The number of aromatic nitrogens is 2. The molecule has 0 atom stereocenters. The standard InChI is InChI=1S/C24H22F5N3O/c1-22(2,18-8-5-7-17(30-18)15-12-11-14(25)13-16(15)26)19-9-6-10-20(31-19)23(3,4)32-21(33)24(27,28)29/h5-13H,1-4H3,(H,32,33). The molecule has 2 aromatic heterocycles. The van der Waals surface area contributed by atoms with Crippen molar-refractivity contribution in [3.8, 4) is 11.3 Å². The van der Waals surface area contributed by atoms with Crippen molar-refractivity contribution in [1.29, 1.82) is 0 Å². The number of halogens is 5. The molecule has 2 heterocycles. The molecule has 0 radical (unpaired) electrons. The van der Waals surface area contributed by atoms with Crippen molar-refractivity contribution in [1.82, 2.24) is 15.3 Å². The predicted molar refractivity (Wildman–Crippen MR) is 113 cm³/mol. The number of amides is 1. The highest BCUT2D eigenvalue weighted by Crippen LogP contribution is 2.32. The fourth-order valence-corrected chi connectivity index (χ4v) is 3.31. The molecule has 9 heteroatoms. The largest absolute Gasteiger partial charge is 0.471 e. The zero-order valence-corrected chi connectivity index (χ0v) is 18.4. The Morgan fingerprint density at radius 3 is 2.00 bits per heavy atom. The number of alkyl halides is 3. The molecule has 4 nitrogen and oxygen atoms in total. The third kappa shape index (κ3) is 5.18. The Morgan fingerprint density at radius 2 is 1.39 bits per heavy atom. The third-order valence-electron chi connectivity index (χ3n) is 5.31. The van der Waals surface area contributed by atoms with E-state index in [1.54, 1.807) is 30.3 Å². The monoisotopic (exact) mass is 463 g/mol. The van der Waals surface area contributed by atoms with E-state index < -0.39 is 34.7 Å². The maximum atomic E-state index is 14.3. The Labute approximate surface area is 187 Å². The summed E-state index contributed by atoms with van der Waals surface area (Å²) in [6, 6.07) is 13.0. The van der Waals surface area contributed by atoms with Gasteiger partial charge < -0.3 is 5.32 Å². The number of nitrogens with one attached hydrogen (secondary N) is 1. The van der Waals surface area contributed by atoms with Crippen molar-refractivity contribution in [3.05, 3.63) is 83.3 Å². The molecule has 0 fully saturated rings. The van der Waals surface area contributed by atoms with Crippen LogP contribution in [-0.4, -0.2) is 22.1 Å². The van der Waals surface area contributed by atoms with E-state index in [2.05, 4.69) is 9.97 Å². The number of carbonyl (C=O) groups excluding carboxylic acids is 1. The van der Waals surface area contributed by atoms with Gasteiger partial charge in [-0.05, 0) is 64.1 Å². The van der Waals surface area contributed by atoms with Crippen molar-refractivity contribution >= 4 is 5.91 Å². The van der Waals surface area contributed by atoms with Gasteiger partial charge in [-0.15, -0.1) is 0 Å². The molecule has 0 unspecified atom stereocenters. The van der Waals surface area contributed by atoms with Crippen LogP contribution in [0.1, 0.15) is 44.8 Å². The fraction of sp³-hybridized carbons (Fsp3) is 0.292. The molecule has 0 bridgehead atoms. The van der Waals surface area contributed by atoms with E-state index in [-0.39, 0.29) is 11.3 Å². The number of hydrogen-bond donors (Lipinski definition) is 1. The minimum absolute atomic E-state index is 0.131. The SMILES string of the molecule is CC(C)(NC(=O)C(F)(F)F)c1cccc(C(C)(C)c2cccc(-c3ccc(F)cc3F)n2)n1. The van der Waals surface area contributed by atoms with Crippen molar-refractivity contribution in [2.75, 3.05) is 0 Å². The van der Waals surface area contributed by atoms with Crippen LogP contribution in [0.25, 0.3) is 11.3 Å². The average Bonchev–Trinajstić information content (AvgIpc) is 2.73. The minimum atomic E-state index is -5.02. The van der Waals surface area contributed by atoms with E-state index in [0.717, 1.165) is 12.1 Å². The van der Waals surface area contributed by atoms with Crippen LogP contribution in [0.5, 0.6) is 0 Å². The average molecular weight is 463 g/mol. The number of hydrogen-bond acceptors (Lipinski definition) is 3. The van der Waals surface area contributed by atoms with Gasteiger partial charge in [0.25, 0.3) is 0 Å². The van der Waals surface area contributed by atoms with E-state index >= 15 is 0 Å². The second-order valence-electron chi connectivity index (χ2n) is 8.64. The lowest BCUT2D eigenvalue weighted by Gasteiger charge is -2.29. The number of nitrogens with zero attached hydrogens (tertiary/aromatic N) is 2. The zero-order valence-electron chi connectivity index (χ0n) is 18.4. The quantitative estimate of drug-likeness (QED) is 0.497. The summed E-state index contributed by atoms with van der Waals surface area (Å²) in [7, 11) is 0. The van der Waals surface area contributed by atoms with Gasteiger partial charge in [-0.25, -0.2) is 8.78 Å². The van der Waals surface area contributed by atoms with Gasteiger partial charge in [0.2, 0.25) is 0 Å². The van der Waals surface area contributed by atoms with Gasteiger partial charge in [-0.3, -0.25) is 14.8 Å². The first-order valence-corrected chi connectivity index (χ1v) is 10.0. The maximum absolute atomic E-state index is 14.3. The van der Waals surface area contributed by atoms with Crippen LogP contribution in [0, 0.1) is 11.6 Å². The van der Waals surface area contributed by atoms with Gasteiger partial charge in [0.1, 0.15) is 11.6 Å². The first-order valence-electron chi connectivity index (χ1n) is 10.0. The number of rotatable bonds is 5. The number of pyridine rings is 2. The first kappa shape index (κ1) is 24.3. The third-order valence-corrected chi connectivity index (χ3v) is 5.31. The summed E-state index contributed by atoms with van der Waals surface area (Å²) in [4.78, 5) is 20.5. The summed E-state index contributed by atoms with van der Waals surface area (Å²) in [5.74, 6) is -3.51. The van der Waals surface area contributed by atoms with E-state index in [0.29, 0.717) is 17.1 Å². The predicted octanol–water partition coefficient (Wildman–Crippen LogP) is 5.66. The normalized spacial score (nSPS) is 12.5. The molecule has 1 N–H and O–H groups in total.